The zero-order valence-electron chi connectivity index (χ0n) is 24.1. The smallest absolute Gasteiger partial charge is 0.345 e. The maximum Gasteiger partial charge on any atom is 0.345 e. The van der Waals surface area contributed by atoms with Crippen molar-refractivity contribution in [1.29, 1.82) is 0 Å². The molecule has 7 rings (SSSR count). The number of anilines is 2. The van der Waals surface area contributed by atoms with Crippen LogP contribution in [0.4, 0.5) is 11.5 Å². The number of hydrogen-bond acceptors (Lipinski definition) is 10. The van der Waals surface area contributed by atoms with Gasteiger partial charge in [0, 0.05) is 65.0 Å². The zero-order valence-corrected chi connectivity index (χ0v) is 24.1. The van der Waals surface area contributed by atoms with E-state index < -0.39 is 0 Å². The second kappa shape index (κ2) is 11.0. The van der Waals surface area contributed by atoms with Crippen molar-refractivity contribution in [3.8, 4) is 5.75 Å². The number of methoxy groups -OCH3 is 1. The maximum atomic E-state index is 13.4. The molecule has 0 radical (unpaired) electrons. The lowest BCUT2D eigenvalue weighted by Crippen LogP contribution is -2.47. The Kier molecular flexibility index (Phi) is 7.00. The van der Waals surface area contributed by atoms with E-state index in [1.807, 2.05) is 28.8 Å². The highest BCUT2D eigenvalue weighted by molar-refractivity contribution is 6.14. The largest absolute Gasteiger partial charge is 0.491 e. The van der Waals surface area contributed by atoms with Crippen LogP contribution in [0.1, 0.15) is 36.0 Å². The molecular formula is C29H37N9O4. The minimum absolute atomic E-state index is 0.127. The van der Waals surface area contributed by atoms with Gasteiger partial charge in [-0.25, -0.2) is 19.8 Å². The number of hydrogen-bond donors (Lipinski definition) is 1. The number of aryl methyl sites for hydroxylation is 1. The fourth-order valence-electron chi connectivity index (χ4n) is 5.81. The van der Waals surface area contributed by atoms with Crippen LogP contribution in [0.2, 0.25) is 0 Å². The summed E-state index contributed by atoms with van der Waals surface area (Å²) in [5.74, 6) is 10.5. The Hall–Kier alpha value is -4.07. The maximum absolute atomic E-state index is 13.4. The average Bonchev–Trinajstić information content (AvgIpc) is 3.53. The molecule has 4 aromatic rings. The van der Waals surface area contributed by atoms with E-state index in [1.165, 1.54) is 10.7 Å². The van der Waals surface area contributed by atoms with Crippen molar-refractivity contribution < 1.29 is 13.9 Å². The third-order valence-electron chi connectivity index (χ3n) is 8.36. The van der Waals surface area contributed by atoms with Gasteiger partial charge >= 0.3 is 5.69 Å². The highest BCUT2D eigenvalue weighted by atomic mass is 16.5. The number of hydrazine groups is 1. The molecule has 2 N–H and O–H groups in total. The van der Waals surface area contributed by atoms with Crippen LogP contribution in [-0.4, -0.2) is 89.1 Å². The number of benzene rings is 1. The topological polar surface area (TPSA) is 124 Å². The molecule has 0 atom stereocenters. The molecule has 222 valence electrons. The molecule has 0 bridgehead atoms. The predicted molar refractivity (Wildman–Crippen MR) is 159 cm³/mol. The van der Waals surface area contributed by atoms with Gasteiger partial charge in [0.2, 0.25) is 5.78 Å². The third kappa shape index (κ3) is 4.86. The molecule has 5 heterocycles. The molecule has 0 amide bonds. The van der Waals surface area contributed by atoms with Crippen LogP contribution in [0.15, 0.2) is 50.6 Å². The van der Waals surface area contributed by atoms with Crippen molar-refractivity contribution in [3.63, 3.8) is 0 Å². The molecule has 2 fully saturated rings. The van der Waals surface area contributed by atoms with E-state index in [9.17, 15) is 4.79 Å². The van der Waals surface area contributed by atoms with Gasteiger partial charge in [-0.15, -0.1) is 0 Å². The van der Waals surface area contributed by atoms with Crippen LogP contribution in [0, 0.1) is 0 Å². The first-order chi connectivity index (χ1) is 20.5. The SMILES string of the molecule is COCCOc1ccc(N2CCN(CCn3c(=O)n(C)n4c5c(nc34)N(N)CN=C5c3ccc(C4CC4)o3)CC2)cc1. The van der Waals surface area contributed by atoms with Gasteiger partial charge in [0.05, 0.1) is 6.61 Å². The third-order valence-corrected chi connectivity index (χ3v) is 8.36. The Morgan fingerprint density at radius 2 is 1.81 bits per heavy atom. The lowest BCUT2D eigenvalue weighted by atomic mass is 10.2. The standard InChI is InChI=1S/C29H37N9O4/c1-33-29(39)36(16-13-34-11-14-35(15-12-34)21-5-7-22(8-6-21)41-18-17-40-2)28-32-27-26(38(28)33)25(31-19-37(27)30)24-10-9-23(42-24)20-3-4-20/h5-10,20H,3-4,11-19,30H2,1-2H3. The summed E-state index contributed by atoms with van der Waals surface area (Å²) < 4.78 is 22.0. The van der Waals surface area contributed by atoms with Gasteiger partial charge < -0.3 is 18.8 Å². The minimum Gasteiger partial charge on any atom is -0.491 e. The van der Waals surface area contributed by atoms with Gasteiger partial charge in [0.25, 0.3) is 0 Å². The van der Waals surface area contributed by atoms with E-state index in [0.29, 0.717) is 54.4 Å². The van der Waals surface area contributed by atoms with Crippen LogP contribution in [0.25, 0.3) is 5.78 Å². The number of furan rings is 1. The van der Waals surface area contributed by atoms with Crippen molar-refractivity contribution in [3.05, 3.63) is 64.1 Å². The van der Waals surface area contributed by atoms with E-state index in [4.69, 9.17) is 29.7 Å². The average molecular weight is 576 g/mol. The molecule has 1 aromatic carbocycles. The number of rotatable bonds is 10. The molecule has 13 heteroatoms. The van der Waals surface area contributed by atoms with Crippen molar-refractivity contribution >= 4 is 23.0 Å². The summed E-state index contributed by atoms with van der Waals surface area (Å²) in [4.78, 5) is 27.7. The highest BCUT2D eigenvalue weighted by Crippen LogP contribution is 2.41. The second-order valence-electron chi connectivity index (χ2n) is 11.1. The van der Waals surface area contributed by atoms with Gasteiger partial charge in [0.1, 0.15) is 36.2 Å². The van der Waals surface area contributed by atoms with E-state index >= 15 is 0 Å². The van der Waals surface area contributed by atoms with E-state index in [1.54, 1.807) is 23.4 Å². The van der Waals surface area contributed by atoms with Crippen LogP contribution >= 0.6 is 0 Å². The Bertz CT molecular complexity index is 1650. The molecule has 3 aliphatic rings. The Morgan fingerprint density at radius 3 is 2.55 bits per heavy atom. The van der Waals surface area contributed by atoms with Gasteiger partial charge in [-0.2, -0.15) is 4.98 Å². The number of piperazine rings is 1. The Morgan fingerprint density at radius 1 is 1.02 bits per heavy atom. The molecule has 1 saturated carbocycles. The highest BCUT2D eigenvalue weighted by Gasteiger charge is 2.33. The lowest BCUT2D eigenvalue weighted by molar-refractivity contribution is 0.146. The monoisotopic (exact) mass is 575 g/mol. The van der Waals surface area contributed by atoms with Crippen molar-refractivity contribution in [2.24, 2.45) is 17.9 Å². The minimum atomic E-state index is -0.127. The quantitative estimate of drug-likeness (QED) is 0.222. The summed E-state index contributed by atoms with van der Waals surface area (Å²) in [5, 5.41) is 1.52. The number of nitrogens with zero attached hydrogens (tertiary/aromatic N) is 8. The number of imidazole rings is 1. The summed E-state index contributed by atoms with van der Waals surface area (Å²) >= 11 is 0. The normalized spacial score (nSPS) is 17.6. The number of fused-ring (bicyclic) bond motifs is 3. The van der Waals surface area contributed by atoms with Gasteiger partial charge in [-0.05, 0) is 49.2 Å². The zero-order chi connectivity index (χ0) is 28.8. The predicted octanol–water partition coefficient (Wildman–Crippen LogP) is 1.64. The molecule has 13 nitrogen and oxygen atoms in total. The summed E-state index contributed by atoms with van der Waals surface area (Å²) in [6.07, 6.45) is 2.31. The van der Waals surface area contributed by atoms with Gasteiger partial charge in [-0.1, -0.05) is 0 Å². The van der Waals surface area contributed by atoms with E-state index in [2.05, 4.69) is 21.9 Å². The fourth-order valence-corrected chi connectivity index (χ4v) is 5.81. The fraction of sp³-hybridized carbons (Fsp3) is 0.483. The van der Waals surface area contributed by atoms with Crippen LogP contribution in [0.3, 0.4) is 0 Å². The number of aliphatic imine (C=N–C) groups is 1. The molecule has 2 aliphatic heterocycles. The number of aromatic nitrogens is 4. The summed E-state index contributed by atoms with van der Waals surface area (Å²) in [6, 6.07) is 12.2. The van der Waals surface area contributed by atoms with Crippen LogP contribution in [-0.2, 0) is 18.3 Å². The van der Waals surface area contributed by atoms with Crippen molar-refractivity contribution in [2.45, 2.75) is 25.3 Å². The first-order valence-corrected chi connectivity index (χ1v) is 14.6. The Balaban J connectivity index is 1.04. The molecular weight excluding hydrogens is 538 g/mol. The first kappa shape index (κ1) is 26.8. The van der Waals surface area contributed by atoms with Crippen LogP contribution in [0.5, 0.6) is 5.75 Å². The summed E-state index contributed by atoms with van der Waals surface area (Å²) in [5.41, 5.74) is 2.41. The molecule has 0 spiro atoms. The van der Waals surface area contributed by atoms with Crippen LogP contribution < -0.4 is 26.2 Å². The van der Waals surface area contributed by atoms with E-state index in [0.717, 1.165) is 57.1 Å². The van der Waals surface area contributed by atoms with E-state index in [-0.39, 0.29) is 12.4 Å². The molecule has 3 aromatic heterocycles. The second-order valence-corrected chi connectivity index (χ2v) is 11.1. The summed E-state index contributed by atoms with van der Waals surface area (Å²) in [6.45, 7) is 6.28. The lowest BCUT2D eigenvalue weighted by Gasteiger charge is -2.36. The molecule has 0 unspecified atom stereocenters. The van der Waals surface area contributed by atoms with Gasteiger partial charge in [-0.3, -0.25) is 19.5 Å². The Labute approximate surface area is 243 Å². The molecule has 1 saturated heterocycles. The van der Waals surface area contributed by atoms with Crippen molar-refractivity contribution in [1.82, 2.24) is 23.6 Å². The number of nitrogens with two attached hydrogens (primary N) is 1. The van der Waals surface area contributed by atoms with Crippen molar-refractivity contribution in [2.75, 3.05) is 69.6 Å². The molecule has 42 heavy (non-hydrogen) atoms. The number of ether oxygens (including phenoxy) is 2. The molecule has 1 aliphatic carbocycles. The first-order valence-electron chi connectivity index (χ1n) is 14.6. The van der Waals surface area contributed by atoms with Gasteiger partial charge in [0.15, 0.2) is 11.6 Å². The summed E-state index contributed by atoms with van der Waals surface area (Å²) in [7, 11) is 3.42.